The summed E-state index contributed by atoms with van der Waals surface area (Å²) in [6.07, 6.45) is 4.27. The second-order valence-corrected chi connectivity index (χ2v) is 8.11. The number of amides is 2. The quantitative estimate of drug-likeness (QED) is 0.478. The molecule has 35 heavy (non-hydrogen) atoms. The zero-order chi connectivity index (χ0) is 24.8. The number of aromatic nitrogens is 4. The first-order chi connectivity index (χ1) is 17.0. The molecule has 3 aromatic rings. The van der Waals surface area contributed by atoms with Crippen molar-refractivity contribution in [2.24, 2.45) is 0 Å². The second-order valence-electron chi connectivity index (χ2n) is 8.11. The van der Waals surface area contributed by atoms with Crippen LogP contribution in [-0.2, 0) is 11.3 Å². The number of ether oxygens (including phenoxy) is 3. The van der Waals surface area contributed by atoms with E-state index in [0.29, 0.717) is 39.9 Å². The minimum atomic E-state index is -0.389. The molecule has 4 rings (SSSR count). The molecule has 11 nitrogen and oxygen atoms in total. The number of hydrogen-bond donors (Lipinski definition) is 2. The highest BCUT2D eigenvalue weighted by Crippen LogP contribution is 2.38. The fourth-order valence-electron chi connectivity index (χ4n) is 4.08. The summed E-state index contributed by atoms with van der Waals surface area (Å²) in [5.74, 6) is 0.880. The van der Waals surface area contributed by atoms with Gasteiger partial charge in [0.05, 0.1) is 27.0 Å². The summed E-state index contributed by atoms with van der Waals surface area (Å²) in [7, 11) is 4.46. The van der Waals surface area contributed by atoms with E-state index in [9.17, 15) is 9.59 Å². The average molecular weight is 481 g/mol. The standard InChI is InChI=1S/C24H28N6O5/c1-33-19-12-15(13-20(34-2)22(19)35-3)24(32)26-18-11-7-6-10-17(18)23-27-29-30(28-23)14-21(31)25-16-8-4-5-9-16/h6-7,10-13,16H,4-5,8-9,14H2,1-3H3,(H,25,31)(H,26,32). The average Bonchev–Trinajstić information content (AvgIpc) is 3.55. The molecule has 184 valence electrons. The molecule has 0 aliphatic heterocycles. The van der Waals surface area contributed by atoms with Crippen LogP contribution in [0.15, 0.2) is 36.4 Å². The van der Waals surface area contributed by atoms with Crippen molar-refractivity contribution in [2.45, 2.75) is 38.3 Å². The molecule has 2 N–H and O–H groups in total. The van der Waals surface area contributed by atoms with Gasteiger partial charge in [-0.2, -0.15) is 4.80 Å². The van der Waals surface area contributed by atoms with E-state index in [1.807, 2.05) is 0 Å². The lowest BCUT2D eigenvalue weighted by Gasteiger charge is -2.14. The van der Waals surface area contributed by atoms with Crippen LogP contribution in [0, 0.1) is 0 Å². The molecule has 1 fully saturated rings. The maximum Gasteiger partial charge on any atom is 0.255 e. The molecule has 1 aromatic heterocycles. The zero-order valence-electron chi connectivity index (χ0n) is 19.9. The fraction of sp³-hybridized carbons (Fsp3) is 0.375. The largest absolute Gasteiger partial charge is 0.493 e. The summed E-state index contributed by atoms with van der Waals surface area (Å²) >= 11 is 0. The monoisotopic (exact) mass is 480 g/mol. The number of tetrazole rings is 1. The number of rotatable bonds is 9. The van der Waals surface area contributed by atoms with Gasteiger partial charge in [-0.15, -0.1) is 10.2 Å². The zero-order valence-corrected chi connectivity index (χ0v) is 19.9. The van der Waals surface area contributed by atoms with E-state index < -0.39 is 0 Å². The van der Waals surface area contributed by atoms with Crippen molar-refractivity contribution in [3.63, 3.8) is 0 Å². The third kappa shape index (κ3) is 5.51. The van der Waals surface area contributed by atoms with Crippen molar-refractivity contribution >= 4 is 17.5 Å². The van der Waals surface area contributed by atoms with Gasteiger partial charge in [-0.25, -0.2) is 0 Å². The second kappa shape index (κ2) is 10.9. The highest BCUT2D eigenvalue weighted by molar-refractivity contribution is 6.06. The normalized spacial score (nSPS) is 13.3. The molecule has 0 unspecified atom stereocenters. The molecule has 0 spiro atoms. The van der Waals surface area contributed by atoms with E-state index >= 15 is 0 Å². The van der Waals surface area contributed by atoms with Crippen molar-refractivity contribution in [1.82, 2.24) is 25.5 Å². The minimum absolute atomic E-state index is 0.0243. The van der Waals surface area contributed by atoms with Crippen LogP contribution in [-0.4, -0.2) is 59.4 Å². The lowest BCUT2D eigenvalue weighted by molar-refractivity contribution is -0.122. The molecule has 2 aromatic carbocycles. The molecule has 0 saturated heterocycles. The van der Waals surface area contributed by atoms with Crippen LogP contribution < -0.4 is 24.8 Å². The van der Waals surface area contributed by atoms with E-state index in [-0.39, 0.29) is 24.4 Å². The Morgan fingerprint density at radius 3 is 2.37 bits per heavy atom. The molecule has 2 amide bonds. The molecular weight excluding hydrogens is 452 g/mol. The van der Waals surface area contributed by atoms with Crippen molar-refractivity contribution in [2.75, 3.05) is 26.6 Å². The van der Waals surface area contributed by atoms with Gasteiger partial charge in [0, 0.05) is 17.2 Å². The van der Waals surface area contributed by atoms with Gasteiger partial charge in [0.1, 0.15) is 6.54 Å². The van der Waals surface area contributed by atoms with Crippen LogP contribution in [0.3, 0.4) is 0 Å². The van der Waals surface area contributed by atoms with Gasteiger partial charge in [0.15, 0.2) is 11.5 Å². The first-order valence-electron chi connectivity index (χ1n) is 11.3. The van der Waals surface area contributed by atoms with Crippen LogP contribution in [0.1, 0.15) is 36.0 Å². The molecule has 11 heteroatoms. The molecule has 0 bridgehead atoms. The van der Waals surface area contributed by atoms with Crippen LogP contribution >= 0.6 is 0 Å². The van der Waals surface area contributed by atoms with Gasteiger partial charge in [0.25, 0.3) is 5.91 Å². The SMILES string of the molecule is COc1cc(C(=O)Nc2ccccc2-c2nnn(CC(=O)NC3CCCC3)n2)cc(OC)c1OC. The van der Waals surface area contributed by atoms with Gasteiger partial charge < -0.3 is 24.8 Å². The summed E-state index contributed by atoms with van der Waals surface area (Å²) in [6.45, 7) is -0.0243. The molecule has 1 aliphatic carbocycles. The Bertz CT molecular complexity index is 1180. The van der Waals surface area contributed by atoms with Gasteiger partial charge in [-0.1, -0.05) is 25.0 Å². The van der Waals surface area contributed by atoms with E-state index in [1.54, 1.807) is 36.4 Å². The number of nitrogens with zero attached hydrogens (tertiary/aromatic N) is 4. The number of carbonyl (C=O) groups excluding carboxylic acids is 2. The first-order valence-corrected chi connectivity index (χ1v) is 11.3. The topological polar surface area (TPSA) is 129 Å². The summed E-state index contributed by atoms with van der Waals surface area (Å²) in [5, 5.41) is 18.3. The summed E-state index contributed by atoms with van der Waals surface area (Å²) in [5.41, 5.74) is 1.37. The third-order valence-electron chi connectivity index (χ3n) is 5.80. The highest BCUT2D eigenvalue weighted by atomic mass is 16.5. The Morgan fingerprint density at radius 1 is 1.03 bits per heavy atom. The van der Waals surface area contributed by atoms with Crippen LogP contribution in [0.4, 0.5) is 5.69 Å². The van der Waals surface area contributed by atoms with Crippen LogP contribution in [0.25, 0.3) is 11.4 Å². The van der Waals surface area contributed by atoms with Crippen molar-refractivity contribution in [1.29, 1.82) is 0 Å². The van der Waals surface area contributed by atoms with Gasteiger partial charge in [0.2, 0.25) is 17.5 Å². The Kier molecular flexibility index (Phi) is 7.44. The van der Waals surface area contributed by atoms with Gasteiger partial charge in [-0.3, -0.25) is 9.59 Å². The van der Waals surface area contributed by atoms with Crippen molar-refractivity contribution in [3.05, 3.63) is 42.0 Å². The van der Waals surface area contributed by atoms with Gasteiger partial charge in [-0.05, 0) is 42.3 Å². The predicted octanol–water partition coefficient (Wildman–Crippen LogP) is 2.68. The smallest absolute Gasteiger partial charge is 0.255 e. The maximum atomic E-state index is 13.1. The Morgan fingerprint density at radius 2 is 1.71 bits per heavy atom. The van der Waals surface area contributed by atoms with E-state index in [2.05, 4.69) is 26.0 Å². The van der Waals surface area contributed by atoms with E-state index in [0.717, 1.165) is 25.7 Å². The fourth-order valence-corrected chi connectivity index (χ4v) is 4.08. The Hall–Kier alpha value is -4.15. The number of benzene rings is 2. The van der Waals surface area contributed by atoms with E-state index in [4.69, 9.17) is 14.2 Å². The summed E-state index contributed by atoms with van der Waals surface area (Å²) in [4.78, 5) is 26.6. The molecule has 1 heterocycles. The van der Waals surface area contributed by atoms with Crippen molar-refractivity contribution < 1.29 is 23.8 Å². The Balaban J connectivity index is 1.51. The van der Waals surface area contributed by atoms with Crippen LogP contribution in [0.5, 0.6) is 17.2 Å². The number of nitrogens with one attached hydrogen (secondary N) is 2. The van der Waals surface area contributed by atoms with Crippen LogP contribution in [0.2, 0.25) is 0 Å². The highest BCUT2D eigenvalue weighted by Gasteiger charge is 2.20. The number of carbonyl (C=O) groups is 2. The first kappa shape index (κ1) is 24.0. The lowest BCUT2D eigenvalue weighted by atomic mass is 10.1. The Labute approximate surface area is 202 Å². The predicted molar refractivity (Wildman–Crippen MR) is 128 cm³/mol. The molecule has 1 aliphatic rings. The lowest BCUT2D eigenvalue weighted by Crippen LogP contribution is -2.35. The third-order valence-corrected chi connectivity index (χ3v) is 5.80. The van der Waals surface area contributed by atoms with E-state index in [1.165, 1.54) is 26.1 Å². The number of hydrogen-bond acceptors (Lipinski definition) is 8. The summed E-state index contributed by atoms with van der Waals surface area (Å²) < 4.78 is 16.0. The molecular formula is C24H28N6O5. The number of anilines is 1. The number of methoxy groups -OCH3 is 3. The van der Waals surface area contributed by atoms with Gasteiger partial charge >= 0.3 is 0 Å². The minimum Gasteiger partial charge on any atom is -0.493 e. The number of para-hydroxylation sites is 1. The molecule has 1 saturated carbocycles. The summed E-state index contributed by atoms with van der Waals surface area (Å²) in [6, 6.07) is 10.4. The molecule has 0 atom stereocenters. The maximum absolute atomic E-state index is 13.1. The van der Waals surface area contributed by atoms with Crippen molar-refractivity contribution in [3.8, 4) is 28.6 Å². The molecule has 0 radical (unpaired) electrons.